The lowest BCUT2D eigenvalue weighted by atomic mass is 9.99. The molecule has 0 saturated heterocycles. The van der Waals surface area contributed by atoms with Gasteiger partial charge < -0.3 is 5.32 Å². The lowest BCUT2D eigenvalue weighted by Crippen LogP contribution is -2.19. The molecule has 0 heterocycles. The highest BCUT2D eigenvalue weighted by Crippen LogP contribution is 2.24. The summed E-state index contributed by atoms with van der Waals surface area (Å²) in [5.74, 6) is -0.531. The number of likely N-dealkylation sites (N-methyl/N-ethyl adjacent to an activating group) is 1. The van der Waals surface area contributed by atoms with E-state index < -0.39 is 0 Å². The summed E-state index contributed by atoms with van der Waals surface area (Å²) < 4.78 is 26.8. The van der Waals surface area contributed by atoms with Crippen molar-refractivity contribution in [3.05, 3.63) is 69.7 Å². The van der Waals surface area contributed by atoms with E-state index in [9.17, 15) is 8.78 Å². The first-order valence-electron chi connectivity index (χ1n) is 5.97. The number of benzene rings is 2. The third kappa shape index (κ3) is 3.61. The standard InChI is InChI=1S/C15H14BrF2N/c1-19-15(8-10-3-2-4-12(17)7-10)11-5-6-14(18)13(16)9-11/h2-7,9,15,19H,8H2,1H3. The van der Waals surface area contributed by atoms with Gasteiger partial charge >= 0.3 is 0 Å². The van der Waals surface area contributed by atoms with Crippen LogP contribution in [0.25, 0.3) is 0 Å². The van der Waals surface area contributed by atoms with Gasteiger partial charge in [0.2, 0.25) is 0 Å². The number of hydrogen-bond acceptors (Lipinski definition) is 1. The van der Waals surface area contributed by atoms with Gasteiger partial charge in [-0.1, -0.05) is 18.2 Å². The van der Waals surface area contributed by atoms with Crippen LogP contribution in [-0.2, 0) is 6.42 Å². The first-order valence-corrected chi connectivity index (χ1v) is 6.76. The first-order chi connectivity index (χ1) is 9.10. The number of nitrogens with one attached hydrogen (secondary N) is 1. The second-order valence-corrected chi connectivity index (χ2v) is 5.20. The maximum absolute atomic E-state index is 13.2. The lowest BCUT2D eigenvalue weighted by Gasteiger charge is -2.17. The summed E-state index contributed by atoms with van der Waals surface area (Å²) in [6, 6.07) is 11.4. The fraction of sp³-hybridized carbons (Fsp3) is 0.200. The largest absolute Gasteiger partial charge is 0.313 e. The number of rotatable bonds is 4. The van der Waals surface area contributed by atoms with Crippen molar-refractivity contribution in [2.75, 3.05) is 7.05 Å². The Morgan fingerprint density at radius 2 is 1.95 bits per heavy atom. The molecule has 2 aromatic carbocycles. The summed E-state index contributed by atoms with van der Waals surface area (Å²) in [5.41, 5.74) is 1.86. The Hall–Kier alpha value is -1.26. The van der Waals surface area contributed by atoms with Gasteiger partial charge in [0.15, 0.2) is 0 Å². The molecule has 0 aliphatic rings. The highest BCUT2D eigenvalue weighted by Gasteiger charge is 2.12. The fourth-order valence-corrected chi connectivity index (χ4v) is 2.41. The average molecular weight is 326 g/mol. The summed E-state index contributed by atoms with van der Waals surface area (Å²) in [6.07, 6.45) is 0.645. The van der Waals surface area contributed by atoms with Crippen LogP contribution < -0.4 is 5.32 Å². The average Bonchev–Trinajstić information content (AvgIpc) is 2.39. The van der Waals surface area contributed by atoms with E-state index >= 15 is 0 Å². The molecule has 0 amide bonds. The maximum atomic E-state index is 13.2. The van der Waals surface area contributed by atoms with Crippen molar-refractivity contribution >= 4 is 15.9 Å². The van der Waals surface area contributed by atoms with Gasteiger partial charge in [-0.25, -0.2) is 8.78 Å². The van der Waals surface area contributed by atoms with Crippen molar-refractivity contribution in [1.82, 2.24) is 5.32 Å². The summed E-state index contributed by atoms with van der Waals surface area (Å²) in [7, 11) is 1.83. The molecule has 0 fully saturated rings. The second-order valence-electron chi connectivity index (χ2n) is 4.35. The molecular weight excluding hydrogens is 312 g/mol. The summed E-state index contributed by atoms with van der Waals surface area (Å²) in [6.45, 7) is 0. The minimum Gasteiger partial charge on any atom is -0.313 e. The summed E-state index contributed by atoms with van der Waals surface area (Å²) in [4.78, 5) is 0. The molecule has 1 nitrogen and oxygen atoms in total. The predicted octanol–water partition coefficient (Wildman–Crippen LogP) is 4.23. The van der Waals surface area contributed by atoms with Crippen molar-refractivity contribution < 1.29 is 8.78 Å². The summed E-state index contributed by atoms with van der Waals surface area (Å²) in [5, 5.41) is 3.17. The molecule has 1 unspecified atom stereocenters. The minimum absolute atomic E-state index is 0.0127. The highest BCUT2D eigenvalue weighted by molar-refractivity contribution is 9.10. The molecule has 2 aromatic rings. The molecule has 1 N–H and O–H groups in total. The van der Waals surface area contributed by atoms with Crippen LogP contribution in [0.15, 0.2) is 46.9 Å². The van der Waals surface area contributed by atoms with Crippen LogP contribution in [0.5, 0.6) is 0 Å². The van der Waals surface area contributed by atoms with Crippen LogP contribution in [0.4, 0.5) is 8.78 Å². The van der Waals surface area contributed by atoms with Crippen molar-refractivity contribution in [2.45, 2.75) is 12.5 Å². The Kier molecular flexibility index (Phi) is 4.66. The smallest absolute Gasteiger partial charge is 0.137 e. The molecule has 0 aliphatic carbocycles. The zero-order valence-electron chi connectivity index (χ0n) is 10.5. The van der Waals surface area contributed by atoms with Gasteiger partial charge in [-0.3, -0.25) is 0 Å². The maximum Gasteiger partial charge on any atom is 0.137 e. The normalized spacial score (nSPS) is 12.4. The van der Waals surface area contributed by atoms with Gasteiger partial charge in [0.05, 0.1) is 4.47 Å². The number of halogens is 3. The molecule has 0 bridgehead atoms. The molecular formula is C15H14BrF2N. The molecule has 1 atom stereocenters. The molecule has 0 aliphatic heterocycles. The molecule has 0 radical (unpaired) electrons. The molecule has 4 heteroatoms. The Morgan fingerprint density at radius 1 is 1.16 bits per heavy atom. The quantitative estimate of drug-likeness (QED) is 0.887. The van der Waals surface area contributed by atoms with E-state index in [1.165, 1.54) is 18.2 Å². The van der Waals surface area contributed by atoms with Crippen LogP contribution in [0.2, 0.25) is 0 Å². The van der Waals surface area contributed by atoms with E-state index in [4.69, 9.17) is 0 Å². The van der Waals surface area contributed by atoms with Crippen LogP contribution in [0, 0.1) is 11.6 Å². The Morgan fingerprint density at radius 3 is 2.58 bits per heavy atom. The van der Waals surface area contributed by atoms with E-state index in [-0.39, 0.29) is 17.7 Å². The molecule has 2 rings (SSSR count). The van der Waals surface area contributed by atoms with Crippen LogP contribution >= 0.6 is 15.9 Å². The van der Waals surface area contributed by atoms with Gasteiger partial charge in [0.1, 0.15) is 11.6 Å². The van der Waals surface area contributed by atoms with Crippen LogP contribution in [-0.4, -0.2) is 7.05 Å². The molecule has 100 valence electrons. The van der Waals surface area contributed by atoms with Gasteiger partial charge in [0.25, 0.3) is 0 Å². The van der Waals surface area contributed by atoms with Crippen molar-refractivity contribution in [2.24, 2.45) is 0 Å². The highest BCUT2D eigenvalue weighted by atomic mass is 79.9. The van der Waals surface area contributed by atoms with Crippen molar-refractivity contribution in [3.63, 3.8) is 0 Å². The van der Waals surface area contributed by atoms with E-state index in [0.717, 1.165) is 11.1 Å². The van der Waals surface area contributed by atoms with Gasteiger partial charge in [0, 0.05) is 6.04 Å². The second kappa shape index (κ2) is 6.26. The van der Waals surface area contributed by atoms with E-state index in [0.29, 0.717) is 10.9 Å². The molecule has 0 aromatic heterocycles. The topological polar surface area (TPSA) is 12.0 Å². The van der Waals surface area contributed by atoms with Crippen molar-refractivity contribution in [3.8, 4) is 0 Å². The van der Waals surface area contributed by atoms with Gasteiger partial charge in [-0.05, 0) is 64.8 Å². The lowest BCUT2D eigenvalue weighted by molar-refractivity contribution is 0.578. The van der Waals surface area contributed by atoms with Gasteiger partial charge in [-0.2, -0.15) is 0 Å². The monoisotopic (exact) mass is 325 g/mol. The summed E-state index contributed by atoms with van der Waals surface area (Å²) >= 11 is 3.18. The first kappa shape index (κ1) is 14.2. The predicted molar refractivity (Wildman–Crippen MR) is 76.0 cm³/mol. The minimum atomic E-state index is -0.288. The number of hydrogen-bond donors (Lipinski definition) is 1. The van der Waals surface area contributed by atoms with Crippen molar-refractivity contribution in [1.29, 1.82) is 0 Å². The zero-order valence-corrected chi connectivity index (χ0v) is 12.0. The Balaban J connectivity index is 2.22. The van der Waals surface area contributed by atoms with Gasteiger partial charge in [-0.15, -0.1) is 0 Å². The SMILES string of the molecule is CNC(Cc1cccc(F)c1)c1ccc(F)c(Br)c1. The van der Waals surface area contributed by atoms with E-state index in [1.54, 1.807) is 18.2 Å². The van der Waals surface area contributed by atoms with E-state index in [1.807, 2.05) is 13.1 Å². The molecule has 19 heavy (non-hydrogen) atoms. The van der Waals surface area contributed by atoms with Crippen LogP contribution in [0.3, 0.4) is 0 Å². The molecule has 0 saturated carbocycles. The third-order valence-corrected chi connectivity index (χ3v) is 3.63. The van der Waals surface area contributed by atoms with E-state index in [2.05, 4.69) is 21.2 Å². The van der Waals surface area contributed by atoms with Crippen LogP contribution in [0.1, 0.15) is 17.2 Å². The Labute approximate surface area is 119 Å². The third-order valence-electron chi connectivity index (χ3n) is 3.02. The fourth-order valence-electron chi connectivity index (χ4n) is 2.02. The Bertz CT molecular complexity index is 572. The molecule has 0 spiro atoms. The zero-order chi connectivity index (χ0) is 13.8.